The SMILES string of the molecule is O=C(NCCO)c1cc[n+](CC(=NNc2ccc([N+](=O)[O-])cc2[N+](=O)[O-])c2ccc3c(c2)OCCO3)cc1. The first kappa shape index (κ1) is 26.0. The lowest BCUT2D eigenvalue weighted by molar-refractivity contribution is -0.681. The van der Waals surface area contributed by atoms with Gasteiger partial charge in [0.2, 0.25) is 0 Å². The van der Waals surface area contributed by atoms with Crippen molar-refractivity contribution < 1.29 is 33.8 Å². The van der Waals surface area contributed by atoms with Gasteiger partial charge in [0, 0.05) is 30.3 Å². The Kier molecular flexibility index (Phi) is 8.03. The molecule has 0 spiro atoms. The summed E-state index contributed by atoms with van der Waals surface area (Å²) >= 11 is 0. The number of non-ortho nitro benzene ring substituents is 1. The van der Waals surface area contributed by atoms with Crippen LogP contribution in [0.25, 0.3) is 0 Å². The highest BCUT2D eigenvalue weighted by molar-refractivity contribution is 6.00. The number of aliphatic hydroxyl groups is 1. The van der Waals surface area contributed by atoms with Gasteiger partial charge in [-0.25, -0.2) is 0 Å². The van der Waals surface area contributed by atoms with E-state index >= 15 is 0 Å². The van der Waals surface area contributed by atoms with Crippen molar-refractivity contribution in [1.82, 2.24) is 5.32 Å². The lowest BCUT2D eigenvalue weighted by Crippen LogP contribution is -2.38. The van der Waals surface area contributed by atoms with Gasteiger partial charge in [0.15, 0.2) is 30.4 Å². The van der Waals surface area contributed by atoms with Crippen molar-refractivity contribution in [3.63, 3.8) is 0 Å². The zero-order chi connectivity index (χ0) is 27.1. The van der Waals surface area contributed by atoms with E-state index in [0.717, 1.165) is 12.1 Å². The van der Waals surface area contributed by atoms with E-state index in [9.17, 15) is 25.0 Å². The van der Waals surface area contributed by atoms with Crippen LogP contribution in [0, 0.1) is 20.2 Å². The van der Waals surface area contributed by atoms with Crippen LogP contribution in [0.5, 0.6) is 11.5 Å². The number of anilines is 1. The first-order valence-electron chi connectivity index (χ1n) is 11.4. The Morgan fingerprint density at radius 1 is 0.974 bits per heavy atom. The predicted octanol–water partition coefficient (Wildman–Crippen LogP) is 1.80. The lowest BCUT2D eigenvalue weighted by atomic mass is 10.1. The molecule has 4 rings (SSSR count). The van der Waals surface area contributed by atoms with E-state index in [1.807, 2.05) is 0 Å². The topological polar surface area (TPSA) is 182 Å². The molecule has 3 aromatic rings. The van der Waals surface area contributed by atoms with Crippen LogP contribution in [-0.4, -0.2) is 52.9 Å². The van der Waals surface area contributed by atoms with Gasteiger partial charge in [-0.15, -0.1) is 0 Å². The Hall–Kier alpha value is -5.11. The summed E-state index contributed by atoms with van der Waals surface area (Å²) in [5.74, 6) is 0.756. The number of nitro benzene ring substituents is 2. The van der Waals surface area contributed by atoms with Crippen LogP contribution in [-0.2, 0) is 6.54 Å². The largest absolute Gasteiger partial charge is 0.486 e. The molecule has 0 fully saturated rings. The fourth-order valence-electron chi connectivity index (χ4n) is 3.58. The van der Waals surface area contributed by atoms with Gasteiger partial charge in [-0.05, 0) is 24.3 Å². The first-order chi connectivity index (χ1) is 18.4. The minimum Gasteiger partial charge on any atom is -0.486 e. The number of fused-ring (bicyclic) bond motifs is 1. The number of nitrogens with zero attached hydrogens (tertiary/aromatic N) is 4. The minimum absolute atomic E-state index is 0.0310. The molecule has 0 atom stereocenters. The normalized spacial score (nSPS) is 12.5. The molecular formula is C24H23N6O8+. The van der Waals surface area contributed by atoms with Gasteiger partial charge in [-0.2, -0.15) is 9.67 Å². The Labute approximate surface area is 215 Å². The quantitative estimate of drug-likeness (QED) is 0.154. The van der Waals surface area contributed by atoms with E-state index in [2.05, 4.69) is 15.8 Å². The van der Waals surface area contributed by atoms with Gasteiger partial charge in [-0.1, -0.05) is 0 Å². The third-order valence-corrected chi connectivity index (χ3v) is 5.46. The molecule has 1 aliphatic heterocycles. The molecule has 0 saturated heterocycles. The fraction of sp³-hybridized carbons (Fsp3) is 0.208. The fourth-order valence-corrected chi connectivity index (χ4v) is 3.58. The van der Waals surface area contributed by atoms with Gasteiger partial charge in [0.1, 0.15) is 24.6 Å². The minimum atomic E-state index is -0.732. The summed E-state index contributed by atoms with van der Waals surface area (Å²) < 4.78 is 13.0. The number of carbonyl (C=O) groups is 1. The molecule has 0 saturated carbocycles. The second-order valence-corrected chi connectivity index (χ2v) is 7.98. The number of pyridine rings is 1. The summed E-state index contributed by atoms with van der Waals surface area (Å²) in [6.07, 6.45) is 3.32. The van der Waals surface area contributed by atoms with Crippen molar-refractivity contribution in [2.24, 2.45) is 5.10 Å². The summed E-state index contributed by atoms with van der Waals surface area (Å²) in [6.45, 7) is 0.951. The second-order valence-electron chi connectivity index (χ2n) is 7.98. The van der Waals surface area contributed by atoms with Crippen LogP contribution in [0.1, 0.15) is 15.9 Å². The number of ether oxygens (including phenoxy) is 2. The van der Waals surface area contributed by atoms with Gasteiger partial charge >= 0.3 is 5.69 Å². The highest BCUT2D eigenvalue weighted by Crippen LogP contribution is 2.32. The molecule has 1 aliphatic rings. The van der Waals surface area contributed by atoms with E-state index in [1.165, 1.54) is 6.07 Å². The van der Waals surface area contributed by atoms with E-state index in [4.69, 9.17) is 14.6 Å². The van der Waals surface area contributed by atoms with Crippen molar-refractivity contribution in [3.8, 4) is 11.5 Å². The summed E-state index contributed by atoms with van der Waals surface area (Å²) in [4.78, 5) is 33.2. The van der Waals surface area contributed by atoms with Crippen LogP contribution in [0.3, 0.4) is 0 Å². The summed E-state index contributed by atoms with van der Waals surface area (Å²) in [7, 11) is 0. The molecule has 0 radical (unpaired) electrons. The number of hydrogen-bond acceptors (Lipinski definition) is 10. The summed E-state index contributed by atoms with van der Waals surface area (Å²) in [5, 5.41) is 38.4. The Morgan fingerprint density at radius 3 is 2.39 bits per heavy atom. The lowest BCUT2D eigenvalue weighted by Gasteiger charge is -2.19. The van der Waals surface area contributed by atoms with E-state index in [-0.39, 0.29) is 31.3 Å². The van der Waals surface area contributed by atoms with Gasteiger partial charge in [0.25, 0.3) is 11.6 Å². The number of rotatable bonds is 10. The third kappa shape index (κ3) is 6.17. The predicted molar refractivity (Wildman–Crippen MR) is 133 cm³/mol. The van der Waals surface area contributed by atoms with Gasteiger partial charge < -0.3 is 19.9 Å². The van der Waals surface area contributed by atoms with Crippen LogP contribution in [0.15, 0.2) is 66.0 Å². The van der Waals surface area contributed by atoms with Crippen molar-refractivity contribution in [2.75, 3.05) is 31.8 Å². The second kappa shape index (κ2) is 11.7. The first-order valence-corrected chi connectivity index (χ1v) is 11.4. The maximum atomic E-state index is 12.1. The van der Waals surface area contributed by atoms with Gasteiger partial charge in [0.05, 0.1) is 28.1 Å². The van der Waals surface area contributed by atoms with Gasteiger partial charge in [-0.3, -0.25) is 30.4 Å². The molecule has 1 amide bonds. The van der Waals surface area contributed by atoms with Crippen LogP contribution in [0.2, 0.25) is 0 Å². The number of nitrogens with one attached hydrogen (secondary N) is 2. The van der Waals surface area contributed by atoms with Crippen molar-refractivity contribution in [1.29, 1.82) is 0 Å². The average Bonchev–Trinajstić information content (AvgIpc) is 2.93. The summed E-state index contributed by atoms with van der Waals surface area (Å²) in [5.41, 5.74) is 3.17. The third-order valence-electron chi connectivity index (χ3n) is 5.46. The number of benzene rings is 2. The number of aromatic nitrogens is 1. The standard InChI is InChI=1S/C24H22N6O8/c31-10-7-25-24(32)16-5-8-28(9-6-16)15-20(17-1-4-22-23(13-17)38-12-11-37-22)27-26-19-3-2-18(29(33)34)14-21(19)30(35)36/h1-6,8-9,13-14,26,31H,7,10-12,15H2/p+1. The molecule has 14 nitrogen and oxygen atoms in total. The van der Waals surface area contributed by atoms with Crippen LogP contribution >= 0.6 is 0 Å². The maximum Gasteiger partial charge on any atom is 0.301 e. The van der Waals surface area contributed by atoms with Crippen LogP contribution in [0.4, 0.5) is 17.1 Å². The van der Waals surface area contributed by atoms with Crippen molar-refractivity contribution in [2.45, 2.75) is 6.54 Å². The Morgan fingerprint density at radius 2 is 1.71 bits per heavy atom. The average molecular weight is 523 g/mol. The molecule has 3 N–H and O–H groups in total. The zero-order valence-corrected chi connectivity index (χ0v) is 19.9. The molecule has 2 heterocycles. The Balaban J connectivity index is 1.66. The molecule has 38 heavy (non-hydrogen) atoms. The number of carbonyl (C=O) groups excluding carboxylic acids is 1. The number of hydrazone groups is 1. The smallest absolute Gasteiger partial charge is 0.301 e. The number of amides is 1. The maximum absolute atomic E-state index is 12.1. The zero-order valence-electron chi connectivity index (χ0n) is 19.9. The van der Waals surface area contributed by atoms with Crippen molar-refractivity contribution >= 4 is 28.7 Å². The highest BCUT2D eigenvalue weighted by Gasteiger charge is 2.21. The van der Waals surface area contributed by atoms with E-state index in [0.29, 0.717) is 41.6 Å². The van der Waals surface area contributed by atoms with E-state index < -0.39 is 21.2 Å². The summed E-state index contributed by atoms with van der Waals surface area (Å²) in [6, 6.07) is 11.6. The number of hydrogen-bond donors (Lipinski definition) is 3. The molecule has 0 bridgehead atoms. The highest BCUT2D eigenvalue weighted by atomic mass is 16.6. The molecular weight excluding hydrogens is 500 g/mol. The Bertz CT molecular complexity index is 1390. The number of aliphatic hydroxyl groups excluding tert-OH is 1. The number of nitro groups is 2. The van der Waals surface area contributed by atoms with E-state index in [1.54, 1.807) is 47.3 Å². The van der Waals surface area contributed by atoms with Crippen molar-refractivity contribution in [3.05, 3.63) is 92.3 Å². The molecule has 196 valence electrons. The monoisotopic (exact) mass is 523 g/mol. The van der Waals surface area contributed by atoms with Crippen LogP contribution < -0.4 is 24.8 Å². The molecule has 1 aromatic heterocycles. The molecule has 2 aromatic carbocycles. The molecule has 14 heteroatoms. The molecule has 0 unspecified atom stereocenters. The molecule has 0 aliphatic carbocycles.